The van der Waals surface area contributed by atoms with Crippen molar-refractivity contribution in [2.75, 3.05) is 7.11 Å². The van der Waals surface area contributed by atoms with Crippen LogP contribution in [0, 0.1) is 0 Å². The van der Waals surface area contributed by atoms with Gasteiger partial charge in [0.05, 0.1) is 25.0 Å². The lowest BCUT2D eigenvalue weighted by Crippen LogP contribution is -2.33. The molecule has 0 saturated carbocycles. The summed E-state index contributed by atoms with van der Waals surface area (Å²) < 4.78 is 11.4. The highest BCUT2D eigenvalue weighted by Gasteiger charge is 2.30. The summed E-state index contributed by atoms with van der Waals surface area (Å²) in [4.78, 5) is 9.82. The first-order valence-electron chi connectivity index (χ1n) is 9.39. The Kier molecular flexibility index (Phi) is 5.38. The molecule has 144 valence electrons. The Labute approximate surface area is 170 Å². The maximum absolute atomic E-state index is 6.05. The average molecular weight is 393 g/mol. The minimum absolute atomic E-state index is 0.214. The number of aromatic nitrogens is 2. The fourth-order valence-electron chi connectivity index (χ4n) is 3.26. The van der Waals surface area contributed by atoms with Gasteiger partial charge in [0.2, 0.25) is 0 Å². The van der Waals surface area contributed by atoms with Crippen molar-refractivity contribution in [3.8, 4) is 17.1 Å². The van der Waals surface area contributed by atoms with Crippen LogP contribution in [0.1, 0.15) is 30.7 Å². The molecule has 2 heterocycles. The molecule has 0 saturated heterocycles. The molecule has 0 unspecified atom stereocenters. The van der Waals surface area contributed by atoms with Crippen molar-refractivity contribution in [1.29, 1.82) is 0 Å². The molecule has 0 bridgehead atoms. The maximum atomic E-state index is 6.05. The SMILES string of the molecule is COc1cccc(-c2nc3c(c(SCc4ccccc4)n2)COC(C)(C)C3)c1. The van der Waals surface area contributed by atoms with Gasteiger partial charge in [-0.15, -0.1) is 11.8 Å². The Morgan fingerprint density at radius 3 is 2.68 bits per heavy atom. The number of nitrogens with zero attached hydrogens (tertiary/aromatic N) is 2. The lowest BCUT2D eigenvalue weighted by molar-refractivity contribution is -0.0428. The van der Waals surface area contributed by atoms with Crippen LogP contribution in [0.25, 0.3) is 11.4 Å². The first kappa shape index (κ1) is 19.0. The quantitative estimate of drug-likeness (QED) is 0.436. The predicted molar refractivity (Wildman–Crippen MR) is 113 cm³/mol. The molecule has 28 heavy (non-hydrogen) atoms. The summed E-state index contributed by atoms with van der Waals surface area (Å²) in [6, 6.07) is 18.4. The van der Waals surface area contributed by atoms with Crippen LogP contribution in [0.2, 0.25) is 0 Å². The summed E-state index contributed by atoms with van der Waals surface area (Å²) in [5, 5.41) is 1.00. The zero-order valence-corrected chi connectivity index (χ0v) is 17.3. The van der Waals surface area contributed by atoms with Crippen LogP contribution in [-0.4, -0.2) is 22.7 Å². The van der Waals surface area contributed by atoms with Crippen LogP contribution in [0.15, 0.2) is 59.6 Å². The zero-order chi connectivity index (χ0) is 19.6. The second-order valence-corrected chi connectivity index (χ2v) is 8.47. The molecule has 0 atom stereocenters. The summed E-state index contributed by atoms with van der Waals surface area (Å²) in [5.74, 6) is 2.41. The molecule has 1 aromatic heterocycles. The van der Waals surface area contributed by atoms with E-state index in [1.165, 1.54) is 5.56 Å². The molecule has 4 nitrogen and oxygen atoms in total. The standard InChI is InChI=1S/C23H24N2O2S/c1-23(2)13-20-19(14-27-23)22(28-15-16-8-5-4-6-9-16)25-21(24-20)17-10-7-11-18(12-17)26-3/h4-12H,13-15H2,1-3H3. The van der Waals surface area contributed by atoms with Gasteiger partial charge >= 0.3 is 0 Å². The number of rotatable bonds is 5. The number of hydrogen-bond donors (Lipinski definition) is 0. The number of hydrogen-bond acceptors (Lipinski definition) is 5. The van der Waals surface area contributed by atoms with Crippen molar-refractivity contribution in [3.05, 3.63) is 71.4 Å². The van der Waals surface area contributed by atoms with Crippen molar-refractivity contribution < 1.29 is 9.47 Å². The predicted octanol–water partition coefficient (Wildman–Crippen LogP) is 5.30. The van der Waals surface area contributed by atoms with Gasteiger partial charge in [-0.3, -0.25) is 0 Å². The van der Waals surface area contributed by atoms with Crippen molar-refractivity contribution in [3.63, 3.8) is 0 Å². The highest BCUT2D eigenvalue weighted by molar-refractivity contribution is 7.98. The molecular weight excluding hydrogens is 368 g/mol. The van der Waals surface area contributed by atoms with Gasteiger partial charge in [-0.1, -0.05) is 42.5 Å². The molecule has 3 aromatic rings. The Morgan fingerprint density at radius 2 is 1.89 bits per heavy atom. The summed E-state index contributed by atoms with van der Waals surface area (Å²) in [6.07, 6.45) is 0.778. The van der Waals surface area contributed by atoms with Gasteiger partial charge in [0, 0.05) is 23.3 Å². The van der Waals surface area contributed by atoms with E-state index in [0.717, 1.165) is 45.6 Å². The molecule has 0 amide bonds. The van der Waals surface area contributed by atoms with E-state index in [1.807, 2.05) is 30.3 Å². The Morgan fingerprint density at radius 1 is 1.07 bits per heavy atom. The van der Waals surface area contributed by atoms with E-state index in [0.29, 0.717) is 6.61 Å². The lowest BCUT2D eigenvalue weighted by atomic mass is 9.96. The van der Waals surface area contributed by atoms with E-state index >= 15 is 0 Å². The van der Waals surface area contributed by atoms with Crippen LogP contribution < -0.4 is 4.74 Å². The van der Waals surface area contributed by atoms with Crippen LogP contribution in [0.4, 0.5) is 0 Å². The molecule has 2 aromatic carbocycles. The van der Waals surface area contributed by atoms with Gasteiger partial charge in [0.15, 0.2) is 5.82 Å². The van der Waals surface area contributed by atoms with Gasteiger partial charge < -0.3 is 9.47 Å². The van der Waals surface area contributed by atoms with Crippen LogP contribution >= 0.6 is 11.8 Å². The number of benzene rings is 2. The minimum atomic E-state index is -0.214. The van der Waals surface area contributed by atoms with Gasteiger partial charge in [-0.2, -0.15) is 0 Å². The summed E-state index contributed by atoms with van der Waals surface area (Å²) in [5.41, 5.74) is 4.23. The molecular formula is C23H24N2O2S. The van der Waals surface area contributed by atoms with E-state index in [-0.39, 0.29) is 5.60 Å². The van der Waals surface area contributed by atoms with Crippen LogP contribution in [0.3, 0.4) is 0 Å². The largest absolute Gasteiger partial charge is 0.497 e. The Hall–Kier alpha value is -2.37. The van der Waals surface area contributed by atoms with Crippen molar-refractivity contribution >= 4 is 11.8 Å². The highest BCUT2D eigenvalue weighted by Crippen LogP contribution is 2.35. The molecule has 0 fully saturated rings. The average Bonchev–Trinajstić information content (AvgIpc) is 2.71. The highest BCUT2D eigenvalue weighted by atomic mass is 32.2. The lowest BCUT2D eigenvalue weighted by Gasteiger charge is -2.32. The van der Waals surface area contributed by atoms with Gasteiger partial charge in [-0.25, -0.2) is 9.97 Å². The summed E-state index contributed by atoms with van der Waals surface area (Å²) in [6.45, 7) is 4.78. The minimum Gasteiger partial charge on any atom is -0.497 e. The van der Waals surface area contributed by atoms with Crippen molar-refractivity contribution in [2.45, 2.75) is 43.3 Å². The summed E-state index contributed by atoms with van der Waals surface area (Å²) >= 11 is 1.74. The van der Waals surface area contributed by atoms with E-state index in [9.17, 15) is 0 Å². The van der Waals surface area contributed by atoms with Gasteiger partial charge in [-0.05, 0) is 31.5 Å². The third kappa shape index (κ3) is 4.21. The van der Waals surface area contributed by atoms with Gasteiger partial charge in [0.1, 0.15) is 10.8 Å². The van der Waals surface area contributed by atoms with Crippen LogP contribution in [-0.2, 0) is 23.5 Å². The second-order valence-electron chi connectivity index (χ2n) is 7.51. The number of thioether (sulfide) groups is 1. The van der Waals surface area contributed by atoms with Crippen molar-refractivity contribution in [2.24, 2.45) is 0 Å². The third-order valence-corrected chi connectivity index (χ3v) is 5.89. The van der Waals surface area contributed by atoms with E-state index in [1.54, 1.807) is 18.9 Å². The number of ether oxygens (including phenoxy) is 2. The first-order chi connectivity index (χ1) is 13.5. The van der Waals surface area contributed by atoms with Crippen LogP contribution in [0.5, 0.6) is 5.75 Å². The number of fused-ring (bicyclic) bond motifs is 1. The summed E-state index contributed by atoms with van der Waals surface area (Å²) in [7, 11) is 1.67. The van der Waals surface area contributed by atoms with E-state index in [2.05, 4.69) is 38.1 Å². The first-order valence-corrected chi connectivity index (χ1v) is 10.4. The second kappa shape index (κ2) is 7.94. The van der Waals surface area contributed by atoms with E-state index < -0.39 is 0 Å². The molecule has 0 aliphatic carbocycles. The Bertz CT molecular complexity index is 974. The maximum Gasteiger partial charge on any atom is 0.160 e. The molecule has 0 N–H and O–H groups in total. The Balaban J connectivity index is 1.73. The fourth-order valence-corrected chi connectivity index (χ4v) is 4.25. The number of methoxy groups -OCH3 is 1. The molecule has 1 aliphatic heterocycles. The monoisotopic (exact) mass is 392 g/mol. The molecule has 1 aliphatic rings. The smallest absolute Gasteiger partial charge is 0.160 e. The molecule has 5 heteroatoms. The fraction of sp³-hybridized carbons (Fsp3) is 0.304. The van der Waals surface area contributed by atoms with Gasteiger partial charge in [0.25, 0.3) is 0 Å². The van der Waals surface area contributed by atoms with E-state index in [4.69, 9.17) is 19.4 Å². The van der Waals surface area contributed by atoms with Crippen molar-refractivity contribution in [1.82, 2.24) is 9.97 Å². The normalized spacial score (nSPS) is 15.1. The topological polar surface area (TPSA) is 44.2 Å². The molecule has 4 rings (SSSR count). The third-order valence-electron chi connectivity index (χ3n) is 4.80. The molecule has 0 radical (unpaired) electrons. The molecule has 0 spiro atoms. The zero-order valence-electron chi connectivity index (χ0n) is 16.4.